The Morgan fingerprint density at radius 2 is 1.97 bits per heavy atom. The number of nitrogens with one attached hydrogen (secondary N) is 2. The van der Waals surface area contributed by atoms with Crippen LogP contribution in [-0.4, -0.2) is 36.0 Å². The molecule has 33 heavy (non-hydrogen) atoms. The molecule has 0 bridgehead atoms. The molecule has 0 aliphatic heterocycles. The Morgan fingerprint density at radius 1 is 1.12 bits per heavy atom. The quantitative estimate of drug-likeness (QED) is 0.411. The van der Waals surface area contributed by atoms with Crippen molar-refractivity contribution in [2.75, 3.05) is 17.1 Å². The van der Waals surface area contributed by atoms with Crippen LogP contribution < -0.4 is 14.8 Å². The SMILES string of the molecule is COc1ccc(Cl)cc1NS(=O)(=O)c1cccc(C(=O)Nc2ccc(-n3ccnc3)nc2)c1. The van der Waals surface area contributed by atoms with Gasteiger partial charge in [0.25, 0.3) is 15.9 Å². The van der Waals surface area contributed by atoms with E-state index >= 15 is 0 Å². The molecule has 2 aromatic heterocycles. The van der Waals surface area contributed by atoms with Gasteiger partial charge in [-0.15, -0.1) is 0 Å². The number of pyridine rings is 1. The largest absolute Gasteiger partial charge is 0.495 e. The third kappa shape index (κ3) is 5.13. The Balaban J connectivity index is 1.52. The number of halogens is 1. The number of anilines is 2. The van der Waals surface area contributed by atoms with Crippen LogP contribution in [-0.2, 0) is 10.0 Å². The molecular formula is C22H18ClN5O4S. The summed E-state index contributed by atoms with van der Waals surface area (Å²) < 4.78 is 35.2. The van der Waals surface area contributed by atoms with Gasteiger partial charge in [0, 0.05) is 23.0 Å². The van der Waals surface area contributed by atoms with Crippen molar-refractivity contribution in [3.05, 3.63) is 90.1 Å². The zero-order chi connectivity index (χ0) is 23.4. The predicted octanol–water partition coefficient (Wildman–Crippen LogP) is 3.98. The van der Waals surface area contributed by atoms with Gasteiger partial charge in [-0.2, -0.15) is 0 Å². The first kappa shape index (κ1) is 22.3. The number of amides is 1. The van der Waals surface area contributed by atoms with Gasteiger partial charge in [-0.1, -0.05) is 17.7 Å². The van der Waals surface area contributed by atoms with E-state index in [1.165, 1.54) is 43.6 Å². The summed E-state index contributed by atoms with van der Waals surface area (Å²) in [5, 5.41) is 3.05. The molecule has 0 aliphatic carbocycles. The molecule has 1 amide bonds. The smallest absolute Gasteiger partial charge is 0.262 e. The lowest BCUT2D eigenvalue weighted by Gasteiger charge is -2.13. The molecule has 0 aliphatic rings. The molecule has 11 heteroatoms. The van der Waals surface area contributed by atoms with Crippen molar-refractivity contribution in [1.82, 2.24) is 14.5 Å². The minimum atomic E-state index is -4.01. The van der Waals surface area contributed by atoms with E-state index in [2.05, 4.69) is 20.0 Å². The lowest BCUT2D eigenvalue weighted by atomic mass is 10.2. The van der Waals surface area contributed by atoms with Crippen molar-refractivity contribution in [3.8, 4) is 11.6 Å². The number of sulfonamides is 1. The molecule has 168 valence electrons. The van der Waals surface area contributed by atoms with Crippen molar-refractivity contribution in [2.45, 2.75) is 4.90 Å². The van der Waals surface area contributed by atoms with Gasteiger partial charge in [0.05, 0.1) is 29.6 Å². The summed E-state index contributed by atoms with van der Waals surface area (Å²) in [5.74, 6) is 0.467. The number of nitrogens with zero attached hydrogens (tertiary/aromatic N) is 3. The highest BCUT2D eigenvalue weighted by Gasteiger charge is 2.19. The van der Waals surface area contributed by atoms with E-state index in [9.17, 15) is 13.2 Å². The Kier molecular flexibility index (Phi) is 6.29. The maximum absolute atomic E-state index is 12.9. The topological polar surface area (TPSA) is 115 Å². The number of methoxy groups -OCH3 is 1. The highest BCUT2D eigenvalue weighted by molar-refractivity contribution is 7.92. The number of aromatic nitrogens is 3. The van der Waals surface area contributed by atoms with Crippen LogP contribution in [0.1, 0.15) is 10.4 Å². The molecular weight excluding hydrogens is 466 g/mol. The second-order valence-electron chi connectivity index (χ2n) is 6.81. The Hall–Kier alpha value is -3.89. The molecule has 4 aromatic rings. The van der Waals surface area contributed by atoms with Gasteiger partial charge in [0.1, 0.15) is 17.9 Å². The monoisotopic (exact) mass is 483 g/mol. The van der Waals surface area contributed by atoms with E-state index in [1.807, 2.05) is 0 Å². The van der Waals surface area contributed by atoms with Crippen LogP contribution in [0.4, 0.5) is 11.4 Å². The molecule has 0 saturated carbocycles. The summed E-state index contributed by atoms with van der Waals surface area (Å²) in [4.78, 5) is 20.8. The molecule has 0 atom stereocenters. The van der Waals surface area contributed by atoms with Crippen LogP contribution in [0.25, 0.3) is 5.82 Å². The zero-order valence-corrected chi connectivity index (χ0v) is 18.8. The lowest BCUT2D eigenvalue weighted by molar-refractivity contribution is 0.102. The lowest BCUT2D eigenvalue weighted by Crippen LogP contribution is -2.16. The van der Waals surface area contributed by atoms with Crippen molar-refractivity contribution < 1.29 is 17.9 Å². The Morgan fingerprint density at radius 3 is 2.67 bits per heavy atom. The number of carbonyl (C=O) groups excluding carboxylic acids is 1. The molecule has 2 heterocycles. The maximum atomic E-state index is 12.9. The van der Waals surface area contributed by atoms with E-state index < -0.39 is 15.9 Å². The first-order valence-electron chi connectivity index (χ1n) is 9.58. The molecule has 2 N–H and O–H groups in total. The average molecular weight is 484 g/mol. The third-order valence-corrected chi connectivity index (χ3v) is 6.19. The fraction of sp³-hybridized carbons (Fsp3) is 0.0455. The summed E-state index contributed by atoms with van der Waals surface area (Å²) in [5.41, 5.74) is 0.803. The highest BCUT2D eigenvalue weighted by Crippen LogP contribution is 2.30. The van der Waals surface area contributed by atoms with Crippen LogP contribution in [0.5, 0.6) is 5.75 Å². The van der Waals surface area contributed by atoms with Gasteiger partial charge >= 0.3 is 0 Å². The molecule has 0 fully saturated rings. The van der Waals surface area contributed by atoms with Gasteiger partial charge in [-0.05, 0) is 48.5 Å². The summed E-state index contributed by atoms with van der Waals surface area (Å²) >= 11 is 5.98. The van der Waals surface area contributed by atoms with Gasteiger partial charge < -0.3 is 10.1 Å². The van der Waals surface area contributed by atoms with Crippen molar-refractivity contribution in [2.24, 2.45) is 0 Å². The molecule has 0 spiro atoms. The summed E-state index contributed by atoms with van der Waals surface area (Å²) in [6, 6.07) is 13.7. The third-order valence-electron chi connectivity index (χ3n) is 4.59. The van der Waals surface area contributed by atoms with Crippen LogP contribution in [0.2, 0.25) is 5.02 Å². The number of imidazole rings is 1. The van der Waals surface area contributed by atoms with Crippen molar-refractivity contribution in [3.63, 3.8) is 0 Å². The fourth-order valence-electron chi connectivity index (χ4n) is 2.98. The fourth-order valence-corrected chi connectivity index (χ4v) is 4.26. The minimum absolute atomic E-state index is 0.0919. The van der Waals surface area contributed by atoms with Gasteiger partial charge in [-0.3, -0.25) is 14.1 Å². The second-order valence-corrected chi connectivity index (χ2v) is 8.93. The minimum Gasteiger partial charge on any atom is -0.495 e. The standard InChI is InChI=1S/C22H18ClN5O4S/c1-32-20-7-5-16(23)12-19(20)27-33(30,31)18-4-2-3-15(11-18)22(29)26-17-6-8-21(25-13-17)28-10-9-24-14-28/h2-14,27H,1H3,(H,26,29). The van der Waals surface area contributed by atoms with E-state index in [-0.39, 0.29) is 16.1 Å². The molecule has 0 unspecified atom stereocenters. The highest BCUT2D eigenvalue weighted by atomic mass is 35.5. The van der Waals surface area contributed by atoms with Gasteiger partial charge in [0.15, 0.2) is 0 Å². The van der Waals surface area contributed by atoms with E-state index in [1.54, 1.807) is 47.6 Å². The van der Waals surface area contributed by atoms with Crippen LogP contribution in [0.3, 0.4) is 0 Å². The molecule has 0 radical (unpaired) electrons. The summed E-state index contributed by atoms with van der Waals surface area (Å²) in [6.45, 7) is 0. The molecule has 0 saturated heterocycles. The first-order valence-corrected chi connectivity index (χ1v) is 11.4. The number of hydrogen-bond donors (Lipinski definition) is 2. The Labute approximate surface area is 195 Å². The number of hydrogen-bond acceptors (Lipinski definition) is 6. The number of carbonyl (C=O) groups is 1. The molecule has 2 aromatic carbocycles. The second kappa shape index (κ2) is 9.31. The van der Waals surface area contributed by atoms with E-state index in [0.29, 0.717) is 22.3 Å². The van der Waals surface area contributed by atoms with Crippen molar-refractivity contribution in [1.29, 1.82) is 0 Å². The van der Waals surface area contributed by atoms with E-state index in [0.717, 1.165) is 0 Å². The average Bonchev–Trinajstić information content (AvgIpc) is 3.35. The number of rotatable bonds is 7. The van der Waals surface area contributed by atoms with Crippen molar-refractivity contribution >= 4 is 38.9 Å². The normalized spacial score (nSPS) is 11.1. The van der Waals surface area contributed by atoms with Crippen LogP contribution in [0.15, 0.2) is 84.4 Å². The number of ether oxygens (including phenoxy) is 1. The van der Waals surface area contributed by atoms with E-state index in [4.69, 9.17) is 16.3 Å². The molecule has 9 nitrogen and oxygen atoms in total. The maximum Gasteiger partial charge on any atom is 0.262 e. The zero-order valence-electron chi connectivity index (χ0n) is 17.3. The summed E-state index contributed by atoms with van der Waals surface area (Å²) in [6.07, 6.45) is 6.50. The van der Waals surface area contributed by atoms with Crippen LogP contribution in [0, 0.1) is 0 Å². The number of benzene rings is 2. The van der Waals surface area contributed by atoms with Crippen LogP contribution >= 0.6 is 11.6 Å². The van der Waals surface area contributed by atoms with Gasteiger partial charge in [0.2, 0.25) is 0 Å². The molecule has 4 rings (SSSR count). The van der Waals surface area contributed by atoms with Gasteiger partial charge in [-0.25, -0.2) is 18.4 Å². The summed E-state index contributed by atoms with van der Waals surface area (Å²) in [7, 11) is -2.59. The first-order chi connectivity index (χ1) is 15.9. The predicted molar refractivity (Wildman–Crippen MR) is 125 cm³/mol. The Bertz CT molecular complexity index is 1390.